The van der Waals surface area contributed by atoms with Crippen LogP contribution in [0.1, 0.15) is 104 Å². The van der Waals surface area contributed by atoms with Crippen molar-refractivity contribution in [2.45, 2.75) is 142 Å². The van der Waals surface area contributed by atoms with Crippen molar-refractivity contribution in [1.82, 2.24) is 10.0 Å². The predicted molar refractivity (Wildman–Crippen MR) is 136 cm³/mol. The second-order valence-electron chi connectivity index (χ2n) is 13.1. The minimum Gasteiger partial charge on any atom is -0.302 e. The molecule has 4 heteroatoms. The predicted octanol–water partition coefficient (Wildman–Crippen LogP) is 6.60. The molecule has 4 heterocycles. The van der Waals surface area contributed by atoms with Crippen LogP contribution in [0.3, 0.4) is 0 Å². The first kappa shape index (κ1) is 22.5. The lowest BCUT2D eigenvalue weighted by molar-refractivity contribution is -0.0154. The van der Waals surface area contributed by atoms with Crippen molar-refractivity contribution in [2.24, 2.45) is 0 Å². The summed E-state index contributed by atoms with van der Waals surface area (Å²) in [5.41, 5.74) is 6.06. The summed E-state index contributed by atoms with van der Waals surface area (Å²) in [5.74, 6) is 0. The van der Waals surface area contributed by atoms with Crippen molar-refractivity contribution >= 4 is 11.4 Å². The molecular formula is C28H46N4. The fourth-order valence-electron chi connectivity index (χ4n) is 7.45. The van der Waals surface area contributed by atoms with E-state index >= 15 is 0 Å². The molecule has 0 atom stereocenters. The van der Waals surface area contributed by atoms with Gasteiger partial charge in [0.15, 0.2) is 0 Å². The van der Waals surface area contributed by atoms with Gasteiger partial charge >= 0.3 is 0 Å². The van der Waals surface area contributed by atoms with E-state index in [9.17, 15) is 0 Å². The Labute approximate surface area is 196 Å². The lowest BCUT2D eigenvalue weighted by Crippen LogP contribution is -2.68. The molecule has 1 aromatic carbocycles. The minimum atomic E-state index is 0.151. The van der Waals surface area contributed by atoms with Gasteiger partial charge in [0, 0.05) is 35.2 Å². The summed E-state index contributed by atoms with van der Waals surface area (Å²) >= 11 is 0. The Balaban J connectivity index is 1.55. The van der Waals surface area contributed by atoms with Crippen LogP contribution in [0.15, 0.2) is 12.1 Å². The Morgan fingerprint density at radius 3 is 1.09 bits per heavy atom. The highest BCUT2D eigenvalue weighted by atomic mass is 15.7. The van der Waals surface area contributed by atoms with Crippen LogP contribution in [0.5, 0.6) is 0 Å². The van der Waals surface area contributed by atoms with Crippen LogP contribution in [0, 0.1) is 13.8 Å². The maximum Gasteiger partial charge on any atom is 0.0559 e. The molecule has 0 unspecified atom stereocenters. The van der Waals surface area contributed by atoms with Crippen LogP contribution in [-0.2, 0) is 0 Å². The van der Waals surface area contributed by atoms with Crippen molar-refractivity contribution in [1.29, 1.82) is 0 Å². The standard InChI is InChI=1S/C28H46N4/c1-19-17-26(30-22-11-15-24(16-12-22)32(30)28(6,7)8)20(2)18-25(19)29-21-9-13-23(14-10-21)31(29)27(3,4)5/h17-18,21-24H,9-16H2,1-8H3. The van der Waals surface area contributed by atoms with Crippen molar-refractivity contribution in [3.05, 3.63) is 23.3 Å². The largest absolute Gasteiger partial charge is 0.302 e. The van der Waals surface area contributed by atoms with E-state index in [4.69, 9.17) is 0 Å². The second-order valence-corrected chi connectivity index (χ2v) is 13.1. The summed E-state index contributed by atoms with van der Waals surface area (Å²) in [6.45, 7) is 19.1. The summed E-state index contributed by atoms with van der Waals surface area (Å²) in [5, 5.41) is 10.9. The topological polar surface area (TPSA) is 13.0 Å². The summed E-state index contributed by atoms with van der Waals surface area (Å²) in [4.78, 5) is 0. The molecule has 2 saturated carbocycles. The van der Waals surface area contributed by atoms with E-state index in [1.165, 1.54) is 73.9 Å². The van der Waals surface area contributed by atoms with Gasteiger partial charge in [0.05, 0.1) is 11.4 Å². The molecule has 178 valence electrons. The van der Waals surface area contributed by atoms with Gasteiger partial charge in [-0.3, -0.25) is 0 Å². The number of benzene rings is 1. The van der Waals surface area contributed by atoms with Gasteiger partial charge in [-0.15, -0.1) is 0 Å². The highest BCUT2D eigenvalue weighted by Crippen LogP contribution is 2.47. The van der Waals surface area contributed by atoms with E-state index in [1.54, 1.807) is 0 Å². The Morgan fingerprint density at radius 1 is 0.531 bits per heavy atom. The highest BCUT2D eigenvalue weighted by molar-refractivity contribution is 5.66. The number of aryl methyl sites for hydroxylation is 2. The molecule has 4 aliphatic heterocycles. The Kier molecular flexibility index (Phi) is 5.37. The highest BCUT2D eigenvalue weighted by Gasteiger charge is 2.47. The summed E-state index contributed by atoms with van der Waals surface area (Å²) < 4.78 is 0. The molecule has 0 spiro atoms. The number of fused-ring (bicyclic) bond motifs is 6. The average molecular weight is 439 g/mol. The maximum absolute atomic E-state index is 2.73. The van der Waals surface area contributed by atoms with Crippen molar-refractivity contribution in [2.75, 3.05) is 10.0 Å². The van der Waals surface area contributed by atoms with E-state index in [0.29, 0.717) is 24.2 Å². The maximum atomic E-state index is 2.73. The lowest BCUT2D eigenvalue weighted by Gasteiger charge is -2.60. The fourth-order valence-corrected chi connectivity index (χ4v) is 7.45. The Bertz CT molecular complexity index is 776. The quantitative estimate of drug-likeness (QED) is 0.516. The first-order valence-corrected chi connectivity index (χ1v) is 13.2. The van der Waals surface area contributed by atoms with Gasteiger partial charge in [0.25, 0.3) is 0 Å². The van der Waals surface area contributed by atoms with Gasteiger partial charge in [-0.05, 0) is 130 Å². The van der Waals surface area contributed by atoms with Gasteiger partial charge in [-0.25, -0.2) is 10.0 Å². The average Bonchev–Trinajstić information content (AvgIpc) is 2.74. The van der Waals surface area contributed by atoms with Gasteiger partial charge in [-0.2, -0.15) is 0 Å². The van der Waals surface area contributed by atoms with Crippen molar-refractivity contribution < 1.29 is 0 Å². The van der Waals surface area contributed by atoms with E-state index in [-0.39, 0.29) is 11.1 Å². The minimum absolute atomic E-state index is 0.151. The number of hydrazine groups is 2. The third-order valence-corrected chi connectivity index (χ3v) is 8.56. The number of hydrogen-bond donors (Lipinski definition) is 0. The normalized spacial score (nSPS) is 31.6. The van der Waals surface area contributed by atoms with E-state index in [1.807, 2.05) is 0 Å². The van der Waals surface area contributed by atoms with Crippen LogP contribution < -0.4 is 10.0 Å². The molecule has 1 aromatic rings. The van der Waals surface area contributed by atoms with Crippen LogP contribution in [0.2, 0.25) is 0 Å². The van der Waals surface area contributed by atoms with Crippen LogP contribution in [0.4, 0.5) is 11.4 Å². The molecule has 0 amide bonds. The third kappa shape index (κ3) is 3.57. The van der Waals surface area contributed by atoms with E-state index in [0.717, 1.165) is 0 Å². The monoisotopic (exact) mass is 438 g/mol. The number of anilines is 2. The number of rotatable bonds is 2. The van der Waals surface area contributed by atoms with Gasteiger partial charge in [0.2, 0.25) is 0 Å². The molecule has 4 bridgehead atoms. The molecule has 32 heavy (non-hydrogen) atoms. The zero-order valence-electron chi connectivity index (χ0n) is 21.9. The van der Waals surface area contributed by atoms with Gasteiger partial charge in [0.1, 0.15) is 0 Å². The third-order valence-electron chi connectivity index (χ3n) is 8.56. The van der Waals surface area contributed by atoms with E-state index < -0.39 is 0 Å². The van der Waals surface area contributed by atoms with Gasteiger partial charge in [-0.1, -0.05) is 0 Å². The molecule has 6 aliphatic rings. The SMILES string of the molecule is Cc1cc(N2C3CCC(CC3)N2C(C)(C)C)c(C)cc1N1C2CCC(CC2)N1C(C)(C)C. The van der Waals surface area contributed by atoms with Gasteiger partial charge < -0.3 is 10.0 Å². The molecule has 2 aliphatic carbocycles. The fraction of sp³-hybridized carbons (Fsp3) is 0.786. The van der Waals surface area contributed by atoms with Crippen LogP contribution in [0.25, 0.3) is 0 Å². The number of nitrogens with zero attached hydrogens (tertiary/aromatic N) is 4. The van der Waals surface area contributed by atoms with Crippen LogP contribution in [-0.4, -0.2) is 45.3 Å². The van der Waals surface area contributed by atoms with Crippen molar-refractivity contribution in [3.8, 4) is 0 Å². The molecule has 4 saturated heterocycles. The van der Waals surface area contributed by atoms with Crippen LogP contribution >= 0.6 is 0 Å². The van der Waals surface area contributed by atoms with E-state index in [2.05, 4.69) is 87.6 Å². The summed E-state index contributed by atoms with van der Waals surface area (Å²) in [6.07, 6.45) is 10.8. The zero-order valence-corrected chi connectivity index (χ0v) is 21.9. The lowest BCUT2D eigenvalue weighted by atomic mass is 9.83. The second kappa shape index (κ2) is 7.63. The molecule has 0 N–H and O–H groups in total. The molecule has 0 radical (unpaired) electrons. The molecule has 6 fully saturated rings. The molecule has 4 nitrogen and oxygen atoms in total. The first-order valence-electron chi connectivity index (χ1n) is 13.2. The molecule has 0 aromatic heterocycles. The Hall–Kier alpha value is -1.26. The first-order chi connectivity index (χ1) is 15.0. The summed E-state index contributed by atoms with van der Waals surface area (Å²) in [6, 6.07) is 7.73. The smallest absolute Gasteiger partial charge is 0.0559 e. The zero-order chi connectivity index (χ0) is 23.0. The van der Waals surface area contributed by atoms with Crippen molar-refractivity contribution in [3.63, 3.8) is 0 Å². The molecule has 7 rings (SSSR count). The molecular weight excluding hydrogens is 392 g/mol. The Morgan fingerprint density at radius 2 is 0.812 bits per heavy atom. The summed E-state index contributed by atoms with van der Waals surface area (Å²) in [7, 11) is 0. The number of hydrogen-bond acceptors (Lipinski definition) is 4.